The summed E-state index contributed by atoms with van der Waals surface area (Å²) < 4.78 is 15.8. The highest BCUT2D eigenvalue weighted by Crippen LogP contribution is 2.25. The molecule has 156 valence electrons. The first-order chi connectivity index (χ1) is 14.7. The first-order valence-electron chi connectivity index (χ1n) is 10.9. The van der Waals surface area contributed by atoms with E-state index >= 15 is 0 Å². The van der Waals surface area contributed by atoms with E-state index in [9.17, 15) is 9.18 Å². The first kappa shape index (κ1) is 19.2. The Bertz CT molecular complexity index is 1060. The lowest BCUT2D eigenvalue weighted by Gasteiger charge is -2.37. The van der Waals surface area contributed by atoms with E-state index in [1.165, 1.54) is 6.07 Å². The van der Waals surface area contributed by atoms with Gasteiger partial charge in [-0.15, -0.1) is 0 Å². The summed E-state index contributed by atoms with van der Waals surface area (Å²) in [6, 6.07) is 14.9. The van der Waals surface area contributed by atoms with Crippen molar-refractivity contribution in [1.29, 1.82) is 0 Å². The largest absolute Gasteiger partial charge is 0.335 e. The molecule has 1 unspecified atom stereocenters. The minimum atomic E-state index is -0.117. The summed E-state index contributed by atoms with van der Waals surface area (Å²) in [5, 5.41) is 5.53. The number of piperidine rings is 1. The van der Waals surface area contributed by atoms with Crippen molar-refractivity contribution in [1.82, 2.24) is 19.6 Å². The van der Waals surface area contributed by atoms with Crippen LogP contribution in [0, 0.1) is 11.7 Å². The van der Waals surface area contributed by atoms with Crippen molar-refractivity contribution in [2.24, 2.45) is 5.92 Å². The van der Waals surface area contributed by atoms with Crippen LogP contribution in [0.15, 0.2) is 48.5 Å². The van der Waals surface area contributed by atoms with Crippen LogP contribution in [0.3, 0.4) is 0 Å². The molecule has 0 bridgehead atoms. The lowest BCUT2D eigenvalue weighted by Crippen LogP contribution is -2.46. The Morgan fingerprint density at radius 3 is 2.77 bits per heavy atom. The lowest BCUT2D eigenvalue weighted by atomic mass is 9.96. The number of amides is 1. The molecule has 1 amide bonds. The van der Waals surface area contributed by atoms with Crippen LogP contribution in [0.1, 0.15) is 28.9 Å². The predicted molar refractivity (Wildman–Crippen MR) is 115 cm³/mol. The minimum absolute atomic E-state index is 0.0958. The average Bonchev–Trinajstić information content (AvgIpc) is 3.15. The molecule has 0 spiro atoms. The Kier molecular flexibility index (Phi) is 5.25. The van der Waals surface area contributed by atoms with Gasteiger partial charge in [0.2, 0.25) is 0 Å². The molecule has 1 saturated heterocycles. The Labute approximate surface area is 176 Å². The average molecular weight is 407 g/mol. The molecule has 0 N–H and O–H groups in total. The van der Waals surface area contributed by atoms with Gasteiger partial charge in [0.1, 0.15) is 11.5 Å². The number of halogens is 1. The molecule has 6 heteroatoms. The van der Waals surface area contributed by atoms with E-state index in [4.69, 9.17) is 0 Å². The van der Waals surface area contributed by atoms with E-state index in [0.717, 1.165) is 74.1 Å². The van der Waals surface area contributed by atoms with E-state index in [0.29, 0.717) is 12.5 Å². The topological polar surface area (TPSA) is 41.4 Å². The van der Waals surface area contributed by atoms with Gasteiger partial charge in [-0.2, -0.15) is 5.10 Å². The second kappa shape index (κ2) is 8.19. The zero-order valence-electron chi connectivity index (χ0n) is 17.1. The number of nitrogens with zero attached hydrogens (tertiary/aromatic N) is 4. The number of carbonyl (C=O) groups excluding carboxylic acids is 1. The number of fused-ring (bicyclic) bond motifs is 3. The summed E-state index contributed by atoms with van der Waals surface area (Å²) in [6.07, 6.45) is 3.00. The summed E-state index contributed by atoms with van der Waals surface area (Å²) in [6.45, 7) is 5.14. The summed E-state index contributed by atoms with van der Waals surface area (Å²) >= 11 is 0. The maximum absolute atomic E-state index is 13.9. The Morgan fingerprint density at radius 1 is 1.03 bits per heavy atom. The van der Waals surface area contributed by atoms with Crippen LogP contribution >= 0.6 is 0 Å². The molecule has 2 aliphatic rings. The van der Waals surface area contributed by atoms with Crippen molar-refractivity contribution >= 4 is 16.8 Å². The van der Waals surface area contributed by atoms with Gasteiger partial charge in [-0.25, -0.2) is 4.39 Å². The monoisotopic (exact) mass is 406 g/mol. The SMILES string of the molecule is O=C1c2c3ccccc3nn2CCN1CC1CCCN(CCc2ccccc2F)C1. The van der Waals surface area contributed by atoms with Crippen LogP contribution in [0.2, 0.25) is 0 Å². The van der Waals surface area contributed by atoms with Crippen molar-refractivity contribution in [3.05, 3.63) is 65.6 Å². The Balaban J connectivity index is 1.23. The highest BCUT2D eigenvalue weighted by Gasteiger charge is 2.31. The third-order valence-corrected chi connectivity index (χ3v) is 6.45. The smallest absolute Gasteiger partial charge is 0.272 e. The van der Waals surface area contributed by atoms with E-state index in [-0.39, 0.29) is 11.7 Å². The zero-order valence-corrected chi connectivity index (χ0v) is 17.1. The summed E-state index contributed by atoms with van der Waals surface area (Å²) in [5.41, 5.74) is 2.40. The fourth-order valence-corrected chi connectivity index (χ4v) is 4.90. The Hall–Kier alpha value is -2.73. The molecule has 5 rings (SSSR count). The second-order valence-corrected chi connectivity index (χ2v) is 8.49. The number of hydrogen-bond donors (Lipinski definition) is 0. The van der Waals surface area contributed by atoms with Gasteiger partial charge in [-0.3, -0.25) is 9.48 Å². The van der Waals surface area contributed by atoms with Crippen molar-refractivity contribution in [3.63, 3.8) is 0 Å². The number of likely N-dealkylation sites (tertiary alicyclic amines) is 1. The van der Waals surface area contributed by atoms with Crippen molar-refractivity contribution in [3.8, 4) is 0 Å². The molecule has 0 radical (unpaired) electrons. The summed E-state index contributed by atoms with van der Waals surface area (Å²) in [5.74, 6) is 0.441. The maximum atomic E-state index is 13.9. The van der Waals surface area contributed by atoms with Gasteiger partial charge in [-0.1, -0.05) is 36.4 Å². The molecule has 1 aromatic heterocycles. The van der Waals surface area contributed by atoms with Gasteiger partial charge in [0.15, 0.2) is 0 Å². The fraction of sp³-hybridized carbons (Fsp3) is 0.417. The highest BCUT2D eigenvalue weighted by molar-refractivity contribution is 6.05. The van der Waals surface area contributed by atoms with Crippen molar-refractivity contribution < 1.29 is 9.18 Å². The molecule has 5 nitrogen and oxygen atoms in total. The van der Waals surface area contributed by atoms with Crippen LogP contribution in [0.5, 0.6) is 0 Å². The number of carbonyl (C=O) groups is 1. The normalized spacial score (nSPS) is 20.0. The maximum Gasteiger partial charge on any atom is 0.272 e. The van der Waals surface area contributed by atoms with E-state index in [1.807, 2.05) is 46.0 Å². The summed E-state index contributed by atoms with van der Waals surface area (Å²) in [7, 11) is 0. The quantitative estimate of drug-likeness (QED) is 0.650. The summed E-state index contributed by atoms with van der Waals surface area (Å²) in [4.78, 5) is 17.6. The molecule has 2 aromatic carbocycles. The predicted octanol–water partition coefficient (Wildman–Crippen LogP) is 3.59. The van der Waals surface area contributed by atoms with Crippen LogP contribution in [-0.2, 0) is 13.0 Å². The highest BCUT2D eigenvalue weighted by atomic mass is 19.1. The number of rotatable bonds is 5. The zero-order chi connectivity index (χ0) is 20.5. The van der Waals surface area contributed by atoms with Crippen LogP contribution in [0.4, 0.5) is 4.39 Å². The number of hydrogen-bond acceptors (Lipinski definition) is 3. The van der Waals surface area contributed by atoms with Gasteiger partial charge in [-0.05, 0) is 49.4 Å². The van der Waals surface area contributed by atoms with Crippen LogP contribution < -0.4 is 0 Å². The molecule has 1 fully saturated rings. The molecule has 30 heavy (non-hydrogen) atoms. The minimum Gasteiger partial charge on any atom is -0.335 e. The first-order valence-corrected chi connectivity index (χ1v) is 10.9. The molecule has 3 aromatic rings. The van der Waals surface area contributed by atoms with Gasteiger partial charge >= 0.3 is 0 Å². The number of aromatic nitrogens is 2. The fourth-order valence-electron chi connectivity index (χ4n) is 4.90. The van der Waals surface area contributed by atoms with Gasteiger partial charge in [0.05, 0.1) is 12.1 Å². The van der Waals surface area contributed by atoms with Gasteiger partial charge in [0.25, 0.3) is 5.91 Å². The van der Waals surface area contributed by atoms with Crippen molar-refractivity contribution in [2.75, 3.05) is 32.7 Å². The third kappa shape index (κ3) is 3.72. The molecule has 0 aliphatic carbocycles. The molecular weight excluding hydrogens is 379 g/mol. The van der Waals surface area contributed by atoms with Crippen LogP contribution in [-0.4, -0.2) is 58.2 Å². The second-order valence-electron chi connectivity index (χ2n) is 8.49. The molecule has 2 aliphatic heterocycles. The molecule has 3 heterocycles. The van der Waals surface area contributed by atoms with E-state index in [2.05, 4.69) is 10.00 Å². The van der Waals surface area contributed by atoms with Gasteiger partial charge in [0, 0.05) is 31.6 Å². The standard InChI is InChI=1S/C24H27FN4O/c25-21-9-3-1-7-19(21)11-13-27-12-5-6-18(16-27)17-28-14-15-29-23(24(28)30)20-8-2-4-10-22(20)26-29/h1-4,7-10,18H,5-6,11-17H2. The molecule has 1 atom stereocenters. The molecule has 0 saturated carbocycles. The van der Waals surface area contributed by atoms with E-state index < -0.39 is 0 Å². The van der Waals surface area contributed by atoms with Crippen LogP contribution in [0.25, 0.3) is 10.9 Å². The van der Waals surface area contributed by atoms with Crippen molar-refractivity contribution in [2.45, 2.75) is 25.8 Å². The third-order valence-electron chi connectivity index (χ3n) is 6.45. The van der Waals surface area contributed by atoms with E-state index in [1.54, 1.807) is 6.07 Å². The number of benzene rings is 2. The van der Waals surface area contributed by atoms with Gasteiger partial charge < -0.3 is 9.80 Å². The molecular formula is C24H27FN4O. The lowest BCUT2D eigenvalue weighted by molar-refractivity contribution is 0.0619. The Morgan fingerprint density at radius 2 is 1.87 bits per heavy atom.